The number of amides is 2. The van der Waals surface area contributed by atoms with Crippen molar-refractivity contribution in [3.05, 3.63) is 58.4 Å². The number of pyridine rings is 1. The van der Waals surface area contributed by atoms with Crippen molar-refractivity contribution >= 4 is 29.2 Å². The van der Waals surface area contributed by atoms with Crippen molar-refractivity contribution in [2.45, 2.75) is 57.0 Å². The number of nitrogens with one attached hydrogen (secondary N) is 2. The highest BCUT2D eigenvalue weighted by atomic mass is 35.5. The van der Waals surface area contributed by atoms with E-state index >= 15 is 0 Å². The Balaban J connectivity index is 1.22. The molecule has 11 heteroatoms. The van der Waals surface area contributed by atoms with Crippen molar-refractivity contribution in [2.75, 3.05) is 0 Å². The number of ether oxygens (including phenoxy) is 1. The van der Waals surface area contributed by atoms with Gasteiger partial charge in [-0.05, 0) is 56.0 Å². The maximum absolute atomic E-state index is 12.7. The largest absolute Gasteiger partial charge is 0.479 e. The van der Waals surface area contributed by atoms with Gasteiger partial charge in [0.1, 0.15) is 5.75 Å². The maximum atomic E-state index is 12.7. The van der Waals surface area contributed by atoms with E-state index in [1.807, 2.05) is 0 Å². The number of rotatable bonds is 5. The Bertz CT molecular complexity index is 1120. The van der Waals surface area contributed by atoms with Crippen molar-refractivity contribution in [3.8, 4) is 5.75 Å². The Kier molecular flexibility index (Phi) is 7.30. The quantitative estimate of drug-likeness (QED) is 0.633. The van der Waals surface area contributed by atoms with E-state index in [4.69, 9.17) is 16.3 Å². The van der Waals surface area contributed by atoms with Gasteiger partial charge in [-0.1, -0.05) is 11.6 Å². The Labute approximate surface area is 204 Å². The van der Waals surface area contributed by atoms with Gasteiger partial charge in [0.25, 0.3) is 5.91 Å². The lowest BCUT2D eigenvalue weighted by Crippen LogP contribution is -2.47. The topological polar surface area (TPSA) is 97.4 Å². The molecule has 2 heterocycles. The molecule has 2 amide bonds. The zero-order valence-corrected chi connectivity index (χ0v) is 19.3. The average Bonchev–Trinajstić information content (AvgIpc) is 2.83. The van der Waals surface area contributed by atoms with Crippen LogP contribution in [0, 0.1) is 5.92 Å². The van der Waals surface area contributed by atoms with Gasteiger partial charge in [0, 0.05) is 23.2 Å². The van der Waals surface area contributed by atoms with Crippen molar-refractivity contribution in [2.24, 2.45) is 5.92 Å². The van der Waals surface area contributed by atoms with E-state index in [9.17, 15) is 27.6 Å². The van der Waals surface area contributed by atoms with Crippen molar-refractivity contribution in [3.63, 3.8) is 0 Å². The van der Waals surface area contributed by atoms with Crippen molar-refractivity contribution in [1.29, 1.82) is 0 Å². The van der Waals surface area contributed by atoms with Gasteiger partial charge in [-0.3, -0.25) is 19.4 Å². The molecule has 1 unspecified atom stereocenters. The summed E-state index contributed by atoms with van der Waals surface area (Å²) in [5.41, 5.74) is -0.151. The van der Waals surface area contributed by atoms with Gasteiger partial charge < -0.3 is 15.4 Å². The number of Topliss-reactive ketones (excluding diaryl/α,β-unsaturated/α-hetero) is 1. The van der Waals surface area contributed by atoms with E-state index in [0.29, 0.717) is 47.7 Å². The minimum Gasteiger partial charge on any atom is -0.479 e. The minimum atomic E-state index is -4.46. The highest BCUT2D eigenvalue weighted by Crippen LogP contribution is 2.31. The van der Waals surface area contributed by atoms with Crippen LogP contribution in [0.5, 0.6) is 5.75 Å². The first-order chi connectivity index (χ1) is 16.6. The molecule has 35 heavy (non-hydrogen) atoms. The molecule has 1 fully saturated rings. The molecule has 4 rings (SSSR count). The van der Waals surface area contributed by atoms with Crippen LogP contribution in [0.4, 0.5) is 13.2 Å². The van der Waals surface area contributed by atoms with Crippen LogP contribution in [0.15, 0.2) is 36.5 Å². The average molecular weight is 510 g/mol. The van der Waals surface area contributed by atoms with Crippen LogP contribution in [0.25, 0.3) is 0 Å². The lowest BCUT2D eigenvalue weighted by molar-refractivity contribution is -0.138. The second kappa shape index (κ2) is 10.2. The first kappa shape index (κ1) is 25.0. The molecule has 1 aromatic heterocycles. The molecule has 0 radical (unpaired) electrons. The van der Waals surface area contributed by atoms with Crippen molar-refractivity contribution in [1.82, 2.24) is 15.6 Å². The van der Waals surface area contributed by atoms with E-state index < -0.39 is 17.8 Å². The third-order valence-electron chi connectivity index (χ3n) is 6.21. The number of alkyl halides is 3. The normalized spacial score (nSPS) is 22.1. The van der Waals surface area contributed by atoms with Crippen molar-refractivity contribution < 1.29 is 32.3 Å². The van der Waals surface area contributed by atoms with E-state index in [1.165, 1.54) is 12.1 Å². The molecular weight excluding hydrogens is 487 g/mol. The molecule has 1 aromatic carbocycles. The maximum Gasteiger partial charge on any atom is 0.417 e. The van der Waals surface area contributed by atoms with Crippen LogP contribution in [0.2, 0.25) is 5.02 Å². The second-order valence-corrected chi connectivity index (χ2v) is 9.12. The van der Waals surface area contributed by atoms with E-state index in [1.54, 1.807) is 12.1 Å². The number of ketones is 1. The van der Waals surface area contributed by atoms with Crippen LogP contribution in [-0.4, -0.2) is 34.7 Å². The summed E-state index contributed by atoms with van der Waals surface area (Å²) in [6.07, 6.45) is -2.47. The van der Waals surface area contributed by atoms with E-state index in [0.717, 1.165) is 12.3 Å². The predicted octanol–water partition coefficient (Wildman–Crippen LogP) is 4.08. The summed E-state index contributed by atoms with van der Waals surface area (Å²) in [6.45, 7) is 0.0351. The smallest absolute Gasteiger partial charge is 0.417 e. The zero-order valence-electron chi connectivity index (χ0n) is 18.5. The highest BCUT2D eigenvalue weighted by molar-refractivity contribution is 6.31. The fourth-order valence-corrected chi connectivity index (χ4v) is 4.43. The molecule has 0 saturated heterocycles. The second-order valence-electron chi connectivity index (χ2n) is 8.69. The number of hydrogen-bond acceptors (Lipinski definition) is 5. The summed E-state index contributed by atoms with van der Waals surface area (Å²) in [4.78, 5) is 41.3. The monoisotopic (exact) mass is 509 g/mol. The summed E-state index contributed by atoms with van der Waals surface area (Å²) in [6, 6.07) is 6.70. The Morgan fingerprint density at radius 3 is 2.49 bits per heavy atom. The molecule has 1 atom stereocenters. The summed E-state index contributed by atoms with van der Waals surface area (Å²) in [5, 5.41) is 6.04. The van der Waals surface area contributed by atoms with Gasteiger partial charge in [-0.2, -0.15) is 13.2 Å². The standard InChI is InChI=1S/C24H23ClF3N3O4/c25-15-4-8-20-18(9-15)19(32)10-21(35-20)23(34)31-16-5-1-13(2-6-16)22(33)30-12-17-7-3-14(11-29-17)24(26,27)28/h3-4,7-9,11,13,16,21H,1-2,5-6,10,12H2,(H,30,33)(H,31,34). The zero-order chi connectivity index (χ0) is 25.2. The molecular formula is C24H23ClF3N3O4. The van der Waals surface area contributed by atoms with Crippen LogP contribution < -0.4 is 15.4 Å². The molecule has 186 valence electrons. The molecule has 1 saturated carbocycles. The van der Waals surface area contributed by atoms with Crippen LogP contribution in [-0.2, 0) is 22.3 Å². The Morgan fingerprint density at radius 1 is 1.09 bits per heavy atom. The number of nitrogens with zero attached hydrogens (tertiary/aromatic N) is 1. The molecule has 7 nitrogen and oxygen atoms in total. The Hall–Kier alpha value is -3.14. The number of carbonyl (C=O) groups is 3. The van der Waals surface area contributed by atoms with Gasteiger partial charge in [-0.15, -0.1) is 0 Å². The molecule has 2 aliphatic rings. The predicted molar refractivity (Wildman–Crippen MR) is 120 cm³/mol. The molecule has 0 spiro atoms. The summed E-state index contributed by atoms with van der Waals surface area (Å²) in [5.74, 6) is -0.722. The summed E-state index contributed by atoms with van der Waals surface area (Å²) < 4.78 is 43.6. The molecule has 1 aliphatic carbocycles. The number of aromatic nitrogens is 1. The lowest BCUT2D eigenvalue weighted by Gasteiger charge is -2.30. The number of hydrogen-bond donors (Lipinski definition) is 2. The van der Waals surface area contributed by atoms with E-state index in [-0.39, 0.29) is 42.5 Å². The first-order valence-electron chi connectivity index (χ1n) is 11.2. The highest BCUT2D eigenvalue weighted by Gasteiger charge is 2.34. The summed E-state index contributed by atoms with van der Waals surface area (Å²) >= 11 is 5.92. The fourth-order valence-electron chi connectivity index (χ4n) is 4.26. The van der Waals surface area contributed by atoms with Crippen LogP contribution in [0.3, 0.4) is 0 Å². The van der Waals surface area contributed by atoms with Gasteiger partial charge in [0.15, 0.2) is 11.9 Å². The fraction of sp³-hybridized carbons (Fsp3) is 0.417. The number of fused-ring (bicyclic) bond motifs is 1. The number of benzene rings is 1. The molecule has 0 bridgehead atoms. The number of carbonyl (C=O) groups excluding carboxylic acids is 3. The molecule has 1 aliphatic heterocycles. The van der Waals surface area contributed by atoms with Gasteiger partial charge in [0.2, 0.25) is 5.91 Å². The van der Waals surface area contributed by atoms with E-state index in [2.05, 4.69) is 15.6 Å². The van der Waals surface area contributed by atoms with Gasteiger partial charge in [0.05, 0.1) is 29.8 Å². The third-order valence-corrected chi connectivity index (χ3v) is 6.45. The molecule has 2 N–H and O–H groups in total. The first-order valence-corrected chi connectivity index (χ1v) is 11.6. The molecule has 2 aromatic rings. The SMILES string of the molecule is O=C1CC(C(=O)NC2CCC(C(=O)NCc3ccc(C(F)(F)F)cn3)CC2)Oc2ccc(Cl)cc21. The summed E-state index contributed by atoms with van der Waals surface area (Å²) in [7, 11) is 0. The van der Waals surface area contributed by atoms with Gasteiger partial charge >= 0.3 is 6.18 Å². The lowest BCUT2D eigenvalue weighted by atomic mass is 9.85. The third kappa shape index (κ3) is 6.11. The van der Waals surface area contributed by atoms with Crippen LogP contribution >= 0.6 is 11.6 Å². The van der Waals surface area contributed by atoms with Gasteiger partial charge in [-0.25, -0.2) is 0 Å². The number of halogens is 4. The van der Waals surface area contributed by atoms with Crippen LogP contribution in [0.1, 0.15) is 53.7 Å². The minimum absolute atomic E-state index is 0.0351. The Morgan fingerprint density at radius 2 is 1.83 bits per heavy atom.